The second-order valence-corrected chi connectivity index (χ2v) is 16.0. The Morgan fingerprint density at radius 2 is 1.74 bits per heavy atom. The van der Waals surface area contributed by atoms with Gasteiger partial charge in [-0.05, 0) is 59.1 Å². The van der Waals surface area contributed by atoms with Crippen molar-refractivity contribution in [2.45, 2.75) is 65.5 Å². The number of ether oxygens (including phenoxy) is 1. The van der Waals surface area contributed by atoms with Crippen molar-refractivity contribution in [3.05, 3.63) is 83.4 Å². The van der Waals surface area contributed by atoms with Crippen LogP contribution in [0.2, 0.25) is 0 Å². The molecule has 4 rings (SSSR count). The predicted octanol–water partition coefficient (Wildman–Crippen LogP) is 6.49. The molecule has 0 spiro atoms. The Hall–Kier alpha value is -4.16. The summed E-state index contributed by atoms with van der Waals surface area (Å²) < 4.78 is 35.3. The van der Waals surface area contributed by atoms with E-state index >= 15 is 0 Å². The van der Waals surface area contributed by atoms with Crippen LogP contribution in [0.1, 0.15) is 52.7 Å². The number of nitrogens with zero attached hydrogens (tertiary/aromatic N) is 2. The van der Waals surface area contributed by atoms with E-state index in [9.17, 15) is 23.1 Å². The molecular weight excluding hydrogens is 637 g/mol. The van der Waals surface area contributed by atoms with Gasteiger partial charge in [-0.25, -0.2) is 18.2 Å². The molecule has 0 bridgehead atoms. The molecule has 0 aliphatic rings. The number of carbonyl (C=O) groups excluding carboxylic acids is 2. The van der Waals surface area contributed by atoms with Crippen molar-refractivity contribution < 1.29 is 27.9 Å². The Kier molecular flexibility index (Phi) is 11.5. The summed E-state index contributed by atoms with van der Waals surface area (Å²) in [7, 11) is -4.01. The van der Waals surface area contributed by atoms with Crippen LogP contribution in [0, 0.1) is 17.3 Å². The van der Waals surface area contributed by atoms with Gasteiger partial charge in [0, 0.05) is 13.1 Å². The van der Waals surface area contributed by atoms with E-state index in [-0.39, 0.29) is 53.8 Å². The predicted molar refractivity (Wildman–Crippen MR) is 186 cm³/mol. The number of phenols is 1. The molecule has 10 nitrogen and oxygen atoms in total. The molecule has 12 heteroatoms. The number of sulfonamides is 1. The molecule has 1 unspecified atom stereocenters. The van der Waals surface area contributed by atoms with Gasteiger partial charge in [-0.1, -0.05) is 84.0 Å². The summed E-state index contributed by atoms with van der Waals surface area (Å²) in [6.45, 7) is 11.8. The molecule has 0 aliphatic carbocycles. The van der Waals surface area contributed by atoms with Crippen molar-refractivity contribution in [1.29, 1.82) is 0 Å². The van der Waals surface area contributed by atoms with E-state index in [2.05, 4.69) is 15.6 Å². The smallest absolute Gasteiger partial charge is 0.408 e. The molecule has 252 valence electrons. The van der Waals surface area contributed by atoms with E-state index in [0.29, 0.717) is 12.0 Å². The quantitative estimate of drug-likeness (QED) is 0.147. The number of anilines is 1. The first-order valence-corrected chi connectivity index (χ1v) is 17.9. The molecule has 1 aromatic heterocycles. The summed E-state index contributed by atoms with van der Waals surface area (Å²) in [5.74, 6) is -0.626. The van der Waals surface area contributed by atoms with Crippen LogP contribution < -0.4 is 14.9 Å². The molecule has 0 aliphatic heterocycles. The number of nitrogens with one attached hydrogen (secondary N) is 2. The van der Waals surface area contributed by atoms with Gasteiger partial charge < -0.3 is 20.5 Å². The molecular formula is C35H44N4O6S2. The molecule has 2 atom stereocenters. The summed E-state index contributed by atoms with van der Waals surface area (Å²) in [5, 5.41) is 17.0. The third-order valence-corrected chi connectivity index (χ3v) is 10.2. The highest BCUT2D eigenvalue weighted by molar-refractivity contribution is 7.92. The standard InChI is InChI=1S/C35H44N4O6S2/c1-23(2)20-39(47(43,44)27-15-16-28-30(18-27)46-22-37-28)29-14-10-13-26(31(29)40)17-24(3)19-36-33(41)32(35(4,5)6)38-34(42)45-21-25-11-8-7-9-12-25/h7-16,18,22-24,32,40H,17,19-21H2,1-6H3,(H,36,41)(H,38,42)/t24?,32-/m0/s1. The van der Waals surface area contributed by atoms with Gasteiger partial charge in [-0.15, -0.1) is 11.3 Å². The zero-order chi connectivity index (χ0) is 34.4. The molecule has 0 radical (unpaired) electrons. The number of hydrogen-bond acceptors (Lipinski definition) is 8. The van der Waals surface area contributed by atoms with Gasteiger partial charge >= 0.3 is 6.09 Å². The van der Waals surface area contributed by atoms with E-state index in [4.69, 9.17) is 4.74 Å². The number of aromatic hydroxyl groups is 1. The number of phenolic OH excluding ortho intramolecular Hbond substituents is 1. The molecule has 0 saturated heterocycles. The van der Waals surface area contributed by atoms with Gasteiger partial charge in [0.2, 0.25) is 5.91 Å². The summed E-state index contributed by atoms with van der Waals surface area (Å²) in [5.41, 5.74) is 3.39. The lowest BCUT2D eigenvalue weighted by molar-refractivity contribution is -0.125. The molecule has 3 N–H and O–H groups in total. The molecule has 0 fully saturated rings. The van der Waals surface area contributed by atoms with Crippen LogP contribution in [0.25, 0.3) is 10.2 Å². The average molecular weight is 681 g/mol. The van der Waals surface area contributed by atoms with Crippen LogP contribution in [0.15, 0.2) is 77.1 Å². The lowest BCUT2D eigenvalue weighted by atomic mass is 9.86. The number of amides is 2. The Labute approximate surface area is 281 Å². The van der Waals surface area contributed by atoms with Crippen LogP contribution in [0.4, 0.5) is 10.5 Å². The number of carbonyl (C=O) groups is 2. The molecule has 4 aromatic rings. The van der Waals surface area contributed by atoms with Crippen LogP contribution >= 0.6 is 11.3 Å². The van der Waals surface area contributed by atoms with Gasteiger partial charge in [-0.2, -0.15) is 0 Å². The number of alkyl carbamates (subject to hydrolysis) is 1. The van der Waals surface area contributed by atoms with Crippen LogP contribution in [-0.4, -0.2) is 49.6 Å². The molecule has 3 aromatic carbocycles. The van der Waals surface area contributed by atoms with Crippen LogP contribution in [-0.2, 0) is 32.6 Å². The van der Waals surface area contributed by atoms with Gasteiger partial charge in [0.1, 0.15) is 18.4 Å². The van der Waals surface area contributed by atoms with Crippen molar-refractivity contribution >= 4 is 49.3 Å². The van der Waals surface area contributed by atoms with Crippen LogP contribution in [0.5, 0.6) is 5.75 Å². The van der Waals surface area contributed by atoms with Gasteiger partial charge in [0.25, 0.3) is 10.0 Å². The highest BCUT2D eigenvalue weighted by atomic mass is 32.2. The monoisotopic (exact) mass is 680 g/mol. The summed E-state index contributed by atoms with van der Waals surface area (Å²) in [4.78, 5) is 30.2. The van der Waals surface area contributed by atoms with E-state index < -0.39 is 27.6 Å². The number of thiazole rings is 1. The number of benzene rings is 3. The first kappa shape index (κ1) is 35.7. The summed E-state index contributed by atoms with van der Waals surface area (Å²) in [6.07, 6.45) is -0.318. The minimum Gasteiger partial charge on any atom is -0.505 e. The Morgan fingerprint density at radius 1 is 1.02 bits per heavy atom. The maximum atomic E-state index is 13.9. The van der Waals surface area contributed by atoms with Crippen molar-refractivity contribution in [3.63, 3.8) is 0 Å². The second kappa shape index (κ2) is 15.2. The van der Waals surface area contributed by atoms with E-state index in [0.717, 1.165) is 15.8 Å². The van der Waals surface area contributed by atoms with Crippen molar-refractivity contribution in [2.75, 3.05) is 17.4 Å². The summed E-state index contributed by atoms with van der Waals surface area (Å²) in [6, 6.07) is 18.4. The van der Waals surface area contributed by atoms with Crippen molar-refractivity contribution in [3.8, 4) is 5.75 Å². The highest BCUT2D eigenvalue weighted by Crippen LogP contribution is 2.37. The number of rotatable bonds is 13. The van der Waals surface area contributed by atoms with E-state index in [1.807, 2.05) is 71.9 Å². The third-order valence-electron chi connectivity index (χ3n) is 7.58. The molecule has 2 amide bonds. The topological polar surface area (TPSA) is 138 Å². The first-order valence-electron chi connectivity index (χ1n) is 15.6. The first-order chi connectivity index (χ1) is 22.2. The van der Waals surface area contributed by atoms with Gasteiger partial charge in [-0.3, -0.25) is 9.10 Å². The Bertz CT molecular complexity index is 1780. The Balaban J connectivity index is 1.44. The fraction of sp³-hybridized carbons (Fsp3) is 0.400. The van der Waals surface area contributed by atoms with Crippen LogP contribution in [0.3, 0.4) is 0 Å². The average Bonchev–Trinajstić information content (AvgIpc) is 3.50. The number of para-hydroxylation sites is 1. The third kappa shape index (κ3) is 9.23. The van der Waals surface area contributed by atoms with Gasteiger partial charge in [0.05, 0.1) is 26.3 Å². The number of aromatic nitrogens is 1. The summed E-state index contributed by atoms with van der Waals surface area (Å²) >= 11 is 1.36. The SMILES string of the molecule is CC(C)CN(c1cccc(CC(C)CNC(=O)[C@H](NC(=O)OCc2ccccc2)C(C)(C)C)c1O)S(=O)(=O)c1ccc2ncsc2c1. The number of fused-ring (bicyclic) bond motifs is 1. The lowest BCUT2D eigenvalue weighted by Gasteiger charge is -2.30. The molecule has 47 heavy (non-hydrogen) atoms. The zero-order valence-electron chi connectivity index (χ0n) is 27.7. The molecule has 1 heterocycles. The Morgan fingerprint density at radius 3 is 2.43 bits per heavy atom. The fourth-order valence-corrected chi connectivity index (χ4v) is 7.56. The van der Waals surface area contributed by atoms with E-state index in [1.165, 1.54) is 15.6 Å². The van der Waals surface area contributed by atoms with Gasteiger partial charge in [0.15, 0.2) is 0 Å². The largest absolute Gasteiger partial charge is 0.505 e. The maximum Gasteiger partial charge on any atom is 0.408 e. The number of hydrogen-bond donors (Lipinski definition) is 3. The molecule has 0 saturated carbocycles. The minimum absolute atomic E-state index is 0.0194. The zero-order valence-corrected chi connectivity index (χ0v) is 29.3. The minimum atomic E-state index is -4.01. The highest BCUT2D eigenvalue weighted by Gasteiger charge is 2.34. The van der Waals surface area contributed by atoms with E-state index in [1.54, 1.807) is 41.9 Å². The lowest BCUT2D eigenvalue weighted by Crippen LogP contribution is -2.54. The second-order valence-electron chi connectivity index (χ2n) is 13.3. The normalized spacial score (nSPS) is 13.3. The van der Waals surface area contributed by atoms with Crippen molar-refractivity contribution in [1.82, 2.24) is 15.6 Å². The van der Waals surface area contributed by atoms with Crippen molar-refractivity contribution in [2.24, 2.45) is 17.3 Å². The fourth-order valence-electron chi connectivity index (χ4n) is 5.11. The maximum absolute atomic E-state index is 13.9.